The quantitative estimate of drug-likeness (QED) is 0.345. The van der Waals surface area contributed by atoms with Crippen molar-refractivity contribution in [2.45, 2.75) is 38.8 Å². The maximum atomic E-state index is 13.3. The van der Waals surface area contributed by atoms with Crippen LogP contribution in [-0.2, 0) is 22.4 Å². The van der Waals surface area contributed by atoms with Gasteiger partial charge in [-0.25, -0.2) is 0 Å². The number of carbonyl (C=O) groups excluding carboxylic acids is 2. The van der Waals surface area contributed by atoms with Crippen molar-refractivity contribution in [2.75, 3.05) is 4.90 Å². The van der Waals surface area contributed by atoms with Crippen LogP contribution in [0.4, 0.5) is 5.69 Å². The van der Waals surface area contributed by atoms with Gasteiger partial charge in [-0.3, -0.25) is 14.5 Å². The van der Waals surface area contributed by atoms with Crippen molar-refractivity contribution in [2.24, 2.45) is 0 Å². The molecule has 5 heteroatoms. The van der Waals surface area contributed by atoms with Crippen molar-refractivity contribution < 1.29 is 19.4 Å². The minimum Gasteiger partial charge on any atom is -0.507 e. The van der Waals surface area contributed by atoms with Gasteiger partial charge < -0.3 is 9.84 Å². The summed E-state index contributed by atoms with van der Waals surface area (Å²) < 4.78 is 5.76. The molecule has 0 spiro atoms. The first-order valence-electron chi connectivity index (χ1n) is 11.2. The Labute approximate surface area is 192 Å². The zero-order valence-corrected chi connectivity index (χ0v) is 18.6. The lowest BCUT2D eigenvalue weighted by molar-refractivity contribution is -0.132. The number of ether oxygens (including phenoxy) is 1. The molecule has 1 N–H and O–H groups in total. The Kier molecular flexibility index (Phi) is 5.25. The molecule has 3 aromatic rings. The number of fused-ring (bicyclic) bond motifs is 1. The van der Waals surface area contributed by atoms with E-state index in [9.17, 15) is 14.7 Å². The fourth-order valence-electron chi connectivity index (χ4n) is 4.67. The van der Waals surface area contributed by atoms with Crippen molar-refractivity contribution in [3.8, 4) is 5.75 Å². The van der Waals surface area contributed by atoms with Crippen LogP contribution >= 0.6 is 0 Å². The van der Waals surface area contributed by atoms with Crippen LogP contribution in [0.25, 0.3) is 5.76 Å². The van der Waals surface area contributed by atoms with Gasteiger partial charge in [-0.1, -0.05) is 49.4 Å². The highest BCUT2D eigenvalue weighted by molar-refractivity contribution is 6.51. The Bertz CT molecular complexity index is 1260. The number of ketones is 1. The van der Waals surface area contributed by atoms with E-state index in [0.717, 1.165) is 35.3 Å². The van der Waals surface area contributed by atoms with Crippen molar-refractivity contribution in [1.29, 1.82) is 0 Å². The van der Waals surface area contributed by atoms with Crippen molar-refractivity contribution in [3.05, 3.63) is 101 Å². The van der Waals surface area contributed by atoms with Gasteiger partial charge in [-0.15, -0.1) is 0 Å². The van der Waals surface area contributed by atoms with E-state index < -0.39 is 17.7 Å². The van der Waals surface area contributed by atoms with E-state index in [-0.39, 0.29) is 17.4 Å². The summed E-state index contributed by atoms with van der Waals surface area (Å²) in [4.78, 5) is 28.0. The number of aliphatic hydroxyl groups is 1. The van der Waals surface area contributed by atoms with Crippen molar-refractivity contribution in [3.63, 3.8) is 0 Å². The summed E-state index contributed by atoms with van der Waals surface area (Å²) in [7, 11) is 0. The van der Waals surface area contributed by atoms with Crippen LogP contribution in [0.3, 0.4) is 0 Å². The average molecular weight is 440 g/mol. The molecule has 2 atom stereocenters. The molecule has 2 aliphatic rings. The van der Waals surface area contributed by atoms with E-state index >= 15 is 0 Å². The number of benzene rings is 3. The molecule has 1 amide bonds. The molecule has 2 unspecified atom stereocenters. The number of hydrogen-bond donors (Lipinski definition) is 1. The Hall–Kier alpha value is -3.86. The van der Waals surface area contributed by atoms with Crippen LogP contribution in [0, 0.1) is 0 Å². The number of rotatable bonds is 4. The van der Waals surface area contributed by atoms with Crippen molar-refractivity contribution in [1.82, 2.24) is 0 Å². The number of carbonyl (C=O) groups is 2. The molecule has 2 aliphatic heterocycles. The third kappa shape index (κ3) is 3.59. The second-order valence-electron chi connectivity index (χ2n) is 8.55. The van der Waals surface area contributed by atoms with E-state index in [4.69, 9.17) is 4.74 Å². The Morgan fingerprint density at radius 3 is 2.45 bits per heavy atom. The maximum absolute atomic E-state index is 13.3. The number of hydrogen-bond acceptors (Lipinski definition) is 4. The topological polar surface area (TPSA) is 66.8 Å². The molecular weight excluding hydrogens is 414 g/mol. The molecule has 33 heavy (non-hydrogen) atoms. The van der Waals surface area contributed by atoms with Gasteiger partial charge in [0.1, 0.15) is 17.6 Å². The highest BCUT2D eigenvalue weighted by atomic mass is 16.5. The van der Waals surface area contributed by atoms with E-state index in [2.05, 4.69) is 6.92 Å². The van der Waals surface area contributed by atoms with E-state index in [1.807, 2.05) is 73.7 Å². The molecule has 1 saturated heterocycles. The van der Waals surface area contributed by atoms with Gasteiger partial charge in [-0.2, -0.15) is 0 Å². The minimum atomic E-state index is -0.720. The fraction of sp³-hybridized carbons (Fsp3) is 0.214. The van der Waals surface area contributed by atoms with Gasteiger partial charge in [-0.05, 0) is 60.4 Å². The van der Waals surface area contributed by atoms with Crippen molar-refractivity contribution >= 4 is 23.1 Å². The third-order valence-electron chi connectivity index (χ3n) is 6.35. The van der Waals surface area contributed by atoms with Crippen LogP contribution in [-0.4, -0.2) is 22.9 Å². The van der Waals surface area contributed by atoms with Crippen LogP contribution in [0.5, 0.6) is 5.75 Å². The molecule has 0 aromatic heterocycles. The highest BCUT2D eigenvalue weighted by Crippen LogP contribution is 2.42. The lowest BCUT2D eigenvalue weighted by atomic mass is 9.94. The molecule has 166 valence electrons. The zero-order chi connectivity index (χ0) is 23.1. The smallest absolute Gasteiger partial charge is 0.300 e. The number of amides is 1. The summed E-state index contributed by atoms with van der Waals surface area (Å²) in [5.41, 5.74) is 4.10. The van der Waals surface area contributed by atoms with E-state index in [0.29, 0.717) is 11.3 Å². The molecular formula is C28H25NO4. The molecule has 0 radical (unpaired) electrons. The van der Waals surface area contributed by atoms with E-state index in [1.54, 1.807) is 6.07 Å². The average Bonchev–Trinajstić information content (AvgIpc) is 3.34. The molecule has 1 fully saturated rings. The third-order valence-corrected chi connectivity index (χ3v) is 6.35. The lowest BCUT2D eigenvalue weighted by Gasteiger charge is -2.25. The van der Waals surface area contributed by atoms with E-state index in [1.165, 1.54) is 4.90 Å². The van der Waals surface area contributed by atoms with Gasteiger partial charge in [0.25, 0.3) is 11.7 Å². The SMILES string of the molecule is CCc1ccc(N2C(=O)C(=O)/C(=C(\O)c3ccc4c(c3)CC(C)O4)C2c2ccccc2)cc1. The second kappa shape index (κ2) is 8.24. The standard InChI is InChI=1S/C28H25NO4/c1-3-18-9-12-22(13-10-18)29-25(19-7-5-4-6-8-19)24(27(31)28(29)32)26(30)20-11-14-23-21(16-20)15-17(2)33-23/h4-14,16-17,25,30H,3,15H2,1-2H3/b26-24-. The Balaban J connectivity index is 1.66. The second-order valence-corrected chi connectivity index (χ2v) is 8.55. The Morgan fingerprint density at radius 2 is 1.76 bits per heavy atom. The number of aryl methyl sites for hydroxylation is 1. The maximum Gasteiger partial charge on any atom is 0.300 e. The zero-order valence-electron chi connectivity index (χ0n) is 18.6. The number of aliphatic hydroxyl groups excluding tert-OH is 1. The van der Waals surface area contributed by atoms with Crippen LogP contribution in [0.15, 0.2) is 78.4 Å². The normalized spacial score (nSPS) is 21.2. The molecule has 5 nitrogen and oxygen atoms in total. The van der Waals surface area contributed by atoms with Crippen LogP contribution in [0.2, 0.25) is 0 Å². The largest absolute Gasteiger partial charge is 0.507 e. The van der Waals surface area contributed by atoms with Crippen LogP contribution < -0.4 is 9.64 Å². The molecule has 0 aliphatic carbocycles. The van der Waals surface area contributed by atoms with Crippen LogP contribution in [0.1, 0.15) is 42.1 Å². The minimum absolute atomic E-state index is 0.0680. The lowest BCUT2D eigenvalue weighted by Crippen LogP contribution is -2.29. The fourth-order valence-corrected chi connectivity index (χ4v) is 4.67. The predicted molar refractivity (Wildman–Crippen MR) is 127 cm³/mol. The monoisotopic (exact) mass is 439 g/mol. The first kappa shape index (κ1) is 21.0. The van der Waals surface area contributed by atoms with Gasteiger partial charge in [0.2, 0.25) is 0 Å². The summed E-state index contributed by atoms with van der Waals surface area (Å²) in [6, 6.07) is 21.6. The summed E-state index contributed by atoms with van der Waals surface area (Å²) in [5, 5.41) is 11.3. The summed E-state index contributed by atoms with van der Waals surface area (Å²) in [6.07, 6.45) is 1.68. The first-order valence-corrected chi connectivity index (χ1v) is 11.2. The molecule has 0 bridgehead atoms. The molecule has 5 rings (SSSR count). The summed E-state index contributed by atoms with van der Waals surface area (Å²) >= 11 is 0. The van der Waals surface area contributed by atoms with Gasteiger partial charge in [0.05, 0.1) is 11.6 Å². The van der Waals surface area contributed by atoms with Gasteiger partial charge >= 0.3 is 0 Å². The van der Waals surface area contributed by atoms with Gasteiger partial charge in [0.15, 0.2) is 0 Å². The molecule has 2 heterocycles. The number of nitrogens with zero attached hydrogens (tertiary/aromatic N) is 1. The highest BCUT2D eigenvalue weighted by Gasteiger charge is 2.47. The molecule has 3 aromatic carbocycles. The molecule has 0 saturated carbocycles. The first-order chi connectivity index (χ1) is 16.0. The summed E-state index contributed by atoms with van der Waals surface area (Å²) in [5.74, 6) is -0.717. The predicted octanol–water partition coefficient (Wildman–Crippen LogP) is 5.20. The number of Topliss-reactive ketones (excluding diaryl/α,β-unsaturated/α-hetero) is 1. The van der Waals surface area contributed by atoms with Gasteiger partial charge in [0, 0.05) is 17.7 Å². The summed E-state index contributed by atoms with van der Waals surface area (Å²) in [6.45, 7) is 4.05. The Morgan fingerprint density at radius 1 is 1.03 bits per heavy atom. The number of anilines is 1.